The highest BCUT2D eigenvalue weighted by Gasteiger charge is 2.35. The van der Waals surface area contributed by atoms with Gasteiger partial charge in [0.1, 0.15) is 0 Å². The number of hydrogen-bond acceptors (Lipinski definition) is 5. The predicted molar refractivity (Wildman–Crippen MR) is 83.2 cm³/mol. The van der Waals surface area contributed by atoms with Crippen LogP contribution in [0.4, 0.5) is 0 Å². The monoisotopic (exact) mass is 321 g/mol. The molecule has 0 spiro atoms. The summed E-state index contributed by atoms with van der Waals surface area (Å²) >= 11 is 0. The summed E-state index contributed by atoms with van der Waals surface area (Å²) in [6.45, 7) is 1.83. The highest BCUT2D eigenvalue weighted by molar-refractivity contribution is 5.55. The van der Waals surface area contributed by atoms with Crippen LogP contribution in [0.15, 0.2) is 33.9 Å². The van der Waals surface area contributed by atoms with E-state index in [9.17, 15) is 9.59 Å². The van der Waals surface area contributed by atoms with Gasteiger partial charge in [0.2, 0.25) is 11.8 Å². The van der Waals surface area contributed by atoms with Crippen molar-refractivity contribution in [1.29, 1.82) is 5.26 Å². The van der Waals surface area contributed by atoms with Gasteiger partial charge >= 0.3 is 5.69 Å². The van der Waals surface area contributed by atoms with Crippen LogP contribution >= 0.6 is 0 Å². The van der Waals surface area contributed by atoms with E-state index in [0.29, 0.717) is 17.0 Å². The molecule has 3 heterocycles. The van der Waals surface area contributed by atoms with Crippen molar-refractivity contribution in [2.24, 2.45) is 0 Å². The molecule has 0 saturated carbocycles. The zero-order valence-corrected chi connectivity index (χ0v) is 12.5. The molecule has 8 heteroatoms. The lowest BCUT2D eigenvalue weighted by atomic mass is 9.84. The Balaban J connectivity index is 2.02. The molecule has 0 amide bonds. The minimum atomic E-state index is -0.645. The van der Waals surface area contributed by atoms with Gasteiger partial charge in [0.25, 0.3) is 5.56 Å². The molecular weight excluding hydrogens is 310 g/mol. The number of aryl methyl sites for hydroxylation is 1. The van der Waals surface area contributed by atoms with Crippen molar-refractivity contribution in [1.82, 2.24) is 20.2 Å². The third-order valence-electron chi connectivity index (χ3n) is 4.05. The molecule has 1 aliphatic rings. The molecule has 1 atom stereocenters. The molecule has 3 N–H and O–H groups in total. The Morgan fingerprint density at radius 2 is 1.92 bits per heavy atom. The van der Waals surface area contributed by atoms with Gasteiger partial charge in [-0.1, -0.05) is 12.1 Å². The van der Waals surface area contributed by atoms with E-state index in [1.165, 1.54) is 0 Å². The topological polar surface area (TPSA) is 127 Å². The molecule has 0 bridgehead atoms. The maximum atomic E-state index is 12.4. The summed E-state index contributed by atoms with van der Waals surface area (Å²) in [6.07, 6.45) is 0. The Labute approximate surface area is 134 Å². The second kappa shape index (κ2) is 4.96. The Morgan fingerprint density at radius 3 is 2.62 bits per heavy atom. The lowest BCUT2D eigenvalue weighted by molar-refractivity contribution is 0.412. The van der Waals surface area contributed by atoms with E-state index in [2.05, 4.69) is 26.2 Å². The fourth-order valence-electron chi connectivity index (χ4n) is 2.98. The number of rotatable bonds is 1. The van der Waals surface area contributed by atoms with Crippen LogP contribution in [0.2, 0.25) is 0 Å². The van der Waals surface area contributed by atoms with Gasteiger partial charge in [0.15, 0.2) is 0 Å². The van der Waals surface area contributed by atoms with Gasteiger partial charge in [-0.15, -0.1) is 5.10 Å². The summed E-state index contributed by atoms with van der Waals surface area (Å²) in [7, 11) is 0. The van der Waals surface area contributed by atoms with E-state index in [1.807, 2.05) is 6.92 Å². The molecule has 1 aromatic carbocycles. The van der Waals surface area contributed by atoms with Gasteiger partial charge in [-0.05, 0) is 24.6 Å². The molecule has 3 aromatic rings. The zero-order valence-electron chi connectivity index (χ0n) is 12.5. The summed E-state index contributed by atoms with van der Waals surface area (Å²) in [4.78, 5) is 28.7. The van der Waals surface area contributed by atoms with E-state index in [4.69, 9.17) is 10.00 Å². The number of nitriles is 1. The fraction of sp³-hybridized carbons (Fsp3) is 0.125. The van der Waals surface area contributed by atoms with Crippen LogP contribution in [-0.2, 0) is 0 Å². The SMILES string of the molecule is Cc1[nH]nc2c1C(c1ccc(C#N)cc1)c1c([nH]c(=O)[nH]c1=O)O2. The van der Waals surface area contributed by atoms with E-state index in [0.717, 1.165) is 16.8 Å². The van der Waals surface area contributed by atoms with Crippen LogP contribution in [0, 0.1) is 18.3 Å². The standard InChI is InChI=1S/C16H11N5O3/c1-7-10-11(9-4-2-8(6-17)3-5-9)12-13(22)18-16(23)19-14(12)24-15(10)21-20-7/h2-5,11H,1H3,(H,20,21)(H2,18,19,22,23). The van der Waals surface area contributed by atoms with Crippen molar-refractivity contribution in [3.63, 3.8) is 0 Å². The first kappa shape index (κ1) is 14.0. The van der Waals surface area contributed by atoms with Crippen LogP contribution < -0.4 is 16.0 Å². The van der Waals surface area contributed by atoms with Crippen molar-refractivity contribution in [3.05, 3.63) is 73.1 Å². The number of ether oxygens (including phenoxy) is 1. The summed E-state index contributed by atoms with van der Waals surface area (Å²) in [5, 5.41) is 15.9. The molecule has 4 rings (SSSR count). The van der Waals surface area contributed by atoms with Crippen LogP contribution in [0.3, 0.4) is 0 Å². The van der Waals surface area contributed by atoms with Gasteiger partial charge < -0.3 is 4.74 Å². The number of nitrogens with one attached hydrogen (secondary N) is 3. The number of H-pyrrole nitrogens is 3. The van der Waals surface area contributed by atoms with E-state index >= 15 is 0 Å². The second-order valence-corrected chi connectivity index (χ2v) is 5.49. The maximum absolute atomic E-state index is 12.4. The second-order valence-electron chi connectivity index (χ2n) is 5.49. The largest absolute Gasteiger partial charge is 0.420 e. The van der Waals surface area contributed by atoms with E-state index in [1.54, 1.807) is 24.3 Å². The van der Waals surface area contributed by atoms with Gasteiger partial charge in [-0.25, -0.2) is 4.79 Å². The first-order chi connectivity index (χ1) is 11.6. The van der Waals surface area contributed by atoms with Gasteiger partial charge in [0, 0.05) is 11.3 Å². The van der Waals surface area contributed by atoms with Crippen molar-refractivity contribution >= 4 is 0 Å². The quantitative estimate of drug-likeness (QED) is 0.486. The average molecular weight is 321 g/mol. The number of aromatic nitrogens is 4. The maximum Gasteiger partial charge on any atom is 0.328 e. The molecule has 1 unspecified atom stereocenters. The molecular formula is C16H11N5O3. The van der Waals surface area contributed by atoms with E-state index < -0.39 is 17.2 Å². The average Bonchev–Trinajstić information content (AvgIpc) is 2.94. The lowest BCUT2D eigenvalue weighted by Gasteiger charge is -2.24. The molecule has 118 valence electrons. The molecule has 0 saturated heterocycles. The number of benzene rings is 1. The van der Waals surface area contributed by atoms with Gasteiger partial charge in [-0.2, -0.15) is 5.26 Å². The molecule has 0 radical (unpaired) electrons. The normalized spacial score (nSPS) is 15.1. The molecule has 8 nitrogen and oxygen atoms in total. The van der Waals surface area contributed by atoms with Crippen molar-refractivity contribution in [3.8, 4) is 17.8 Å². The van der Waals surface area contributed by atoms with Crippen molar-refractivity contribution in [2.75, 3.05) is 0 Å². The number of fused-ring (bicyclic) bond motifs is 2. The van der Waals surface area contributed by atoms with Gasteiger partial charge in [0.05, 0.1) is 23.1 Å². The van der Waals surface area contributed by atoms with E-state index in [-0.39, 0.29) is 5.88 Å². The minimum Gasteiger partial charge on any atom is -0.420 e. The van der Waals surface area contributed by atoms with Crippen LogP contribution in [-0.4, -0.2) is 20.2 Å². The van der Waals surface area contributed by atoms with Crippen LogP contribution in [0.5, 0.6) is 11.8 Å². The molecule has 0 fully saturated rings. The Bertz CT molecular complexity index is 1100. The molecule has 0 aliphatic carbocycles. The van der Waals surface area contributed by atoms with Crippen LogP contribution in [0.25, 0.3) is 0 Å². The summed E-state index contributed by atoms with van der Waals surface area (Å²) < 4.78 is 5.59. The number of aromatic amines is 3. The highest BCUT2D eigenvalue weighted by atomic mass is 16.5. The molecule has 24 heavy (non-hydrogen) atoms. The van der Waals surface area contributed by atoms with Gasteiger partial charge in [-0.3, -0.25) is 19.9 Å². The number of hydrogen-bond donors (Lipinski definition) is 3. The summed E-state index contributed by atoms with van der Waals surface area (Å²) in [5.41, 5.74) is 1.94. The zero-order chi connectivity index (χ0) is 16.8. The minimum absolute atomic E-state index is 0.0807. The highest BCUT2D eigenvalue weighted by Crippen LogP contribution is 2.44. The number of nitrogens with zero attached hydrogens (tertiary/aromatic N) is 2. The first-order valence-corrected chi connectivity index (χ1v) is 7.17. The smallest absolute Gasteiger partial charge is 0.328 e. The summed E-state index contributed by atoms with van der Waals surface area (Å²) in [6, 6.07) is 8.98. The van der Waals surface area contributed by atoms with Crippen molar-refractivity contribution < 1.29 is 4.74 Å². The Kier molecular flexibility index (Phi) is 2.90. The fourth-order valence-corrected chi connectivity index (χ4v) is 2.98. The lowest BCUT2D eigenvalue weighted by Crippen LogP contribution is -2.30. The van der Waals surface area contributed by atoms with Crippen molar-refractivity contribution in [2.45, 2.75) is 12.8 Å². The summed E-state index contributed by atoms with van der Waals surface area (Å²) in [5.74, 6) is -0.0661. The van der Waals surface area contributed by atoms with Crippen LogP contribution in [0.1, 0.15) is 33.9 Å². The predicted octanol–water partition coefficient (Wildman–Crippen LogP) is 1.25. The third-order valence-corrected chi connectivity index (χ3v) is 4.05. The Hall–Kier alpha value is -3.60. The third kappa shape index (κ3) is 1.95. The first-order valence-electron chi connectivity index (χ1n) is 7.17. The molecule has 1 aliphatic heterocycles. The molecule has 2 aromatic heterocycles. The Morgan fingerprint density at radius 1 is 1.17 bits per heavy atom.